The molecule has 0 bridgehead atoms. The van der Waals surface area contributed by atoms with Gasteiger partial charge in [-0.15, -0.1) is 0 Å². The first-order chi connectivity index (χ1) is 11.3. The maximum Gasteiger partial charge on any atom is 0.244 e. The number of rotatable bonds is 6. The van der Waals surface area contributed by atoms with Gasteiger partial charge in [-0.3, -0.25) is 9.48 Å². The van der Waals surface area contributed by atoms with E-state index < -0.39 is 0 Å². The summed E-state index contributed by atoms with van der Waals surface area (Å²) in [5.41, 5.74) is 2.22. The Kier molecular flexibility index (Phi) is 4.69. The van der Waals surface area contributed by atoms with Gasteiger partial charge in [0.05, 0.1) is 12.8 Å². The second-order valence-corrected chi connectivity index (χ2v) is 5.09. The van der Waals surface area contributed by atoms with E-state index in [4.69, 9.17) is 4.42 Å². The number of nitrogens with one attached hydrogen (secondary N) is 1. The summed E-state index contributed by atoms with van der Waals surface area (Å²) in [6, 6.07) is 13.6. The summed E-state index contributed by atoms with van der Waals surface area (Å²) in [4.78, 5) is 11.7. The highest BCUT2D eigenvalue weighted by molar-refractivity contribution is 5.91. The van der Waals surface area contributed by atoms with Gasteiger partial charge >= 0.3 is 0 Å². The molecule has 2 aromatic heterocycles. The summed E-state index contributed by atoms with van der Waals surface area (Å²) < 4.78 is 7.00. The third-order valence-electron chi connectivity index (χ3n) is 3.34. The number of amides is 1. The third-order valence-corrected chi connectivity index (χ3v) is 3.34. The van der Waals surface area contributed by atoms with Crippen LogP contribution in [0.4, 0.5) is 0 Å². The van der Waals surface area contributed by atoms with Gasteiger partial charge in [0.25, 0.3) is 0 Å². The van der Waals surface area contributed by atoms with Gasteiger partial charge in [-0.05, 0) is 35.4 Å². The van der Waals surface area contributed by atoms with Crippen LogP contribution in [-0.2, 0) is 17.9 Å². The highest BCUT2D eigenvalue weighted by atomic mass is 16.3. The molecule has 3 rings (SSSR count). The summed E-state index contributed by atoms with van der Waals surface area (Å²) >= 11 is 0. The lowest BCUT2D eigenvalue weighted by atomic mass is 10.1. The van der Waals surface area contributed by atoms with Crippen molar-refractivity contribution in [2.24, 2.45) is 0 Å². The number of furan rings is 1. The van der Waals surface area contributed by atoms with Crippen LogP contribution in [0.2, 0.25) is 0 Å². The molecule has 5 nitrogen and oxygen atoms in total. The van der Waals surface area contributed by atoms with E-state index in [9.17, 15) is 4.79 Å². The lowest BCUT2D eigenvalue weighted by molar-refractivity contribution is -0.116. The predicted octanol–water partition coefficient (Wildman–Crippen LogP) is 2.85. The molecule has 5 heteroatoms. The molecule has 1 aromatic carbocycles. The standard InChI is InChI=1S/C18H17N3O2/c22-18(9-8-17-3-1-12-23-17)19-13-15-4-6-16(7-5-15)14-21-11-2-10-20-21/h1-12H,13-14H2,(H,19,22)/b9-8+. The quantitative estimate of drug-likeness (QED) is 0.712. The Morgan fingerprint density at radius 1 is 1.17 bits per heavy atom. The van der Waals surface area contributed by atoms with Gasteiger partial charge in [0.2, 0.25) is 5.91 Å². The van der Waals surface area contributed by atoms with Gasteiger partial charge in [-0.2, -0.15) is 5.10 Å². The molecule has 23 heavy (non-hydrogen) atoms. The van der Waals surface area contributed by atoms with Crippen molar-refractivity contribution in [3.63, 3.8) is 0 Å². The molecular formula is C18H17N3O2. The van der Waals surface area contributed by atoms with Crippen molar-refractivity contribution in [2.45, 2.75) is 13.1 Å². The number of nitrogens with zero attached hydrogens (tertiary/aromatic N) is 2. The molecule has 0 fully saturated rings. The summed E-state index contributed by atoms with van der Waals surface area (Å²) in [5, 5.41) is 7.02. The van der Waals surface area contributed by atoms with E-state index in [1.807, 2.05) is 41.2 Å². The van der Waals surface area contributed by atoms with E-state index in [1.54, 1.807) is 30.7 Å². The minimum Gasteiger partial charge on any atom is -0.465 e. The van der Waals surface area contributed by atoms with Crippen molar-refractivity contribution in [1.82, 2.24) is 15.1 Å². The molecule has 0 aliphatic rings. The molecular weight excluding hydrogens is 290 g/mol. The molecule has 3 aromatic rings. The van der Waals surface area contributed by atoms with E-state index in [0.29, 0.717) is 12.3 Å². The van der Waals surface area contributed by atoms with Crippen molar-refractivity contribution in [3.05, 3.63) is 84.1 Å². The largest absolute Gasteiger partial charge is 0.465 e. The Morgan fingerprint density at radius 2 is 2.00 bits per heavy atom. The highest BCUT2D eigenvalue weighted by Gasteiger charge is 1.99. The van der Waals surface area contributed by atoms with E-state index in [-0.39, 0.29) is 5.91 Å². The van der Waals surface area contributed by atoms with Crippen LogP contribution >= 0.6 is 0 Å². The second kappa shape index (κ2) is 7.26. The fourth-order valence-electron chi connectivity index (χ4n) is 2.14. The van der Waals surface area contributed by atoms with Crippen LogP contribution in [0.3, 0.4) is 0 Å². The Morgan fingerprint density at radius 3 is 2.70 bits per heavy atom. The van der Waals surface area contributed by atoms with Gasteiger partial charge in [0.1, 0.15) is 5.76 Å². The van der Waals surface area contributed by atoms with Crippen LogP contribution in [0, 0.1) is 0 Å². The predicted molar refractivity (Wildman–Crippen MR) is 87.4 cm³/mol. The lowest BCUT2D eigenvalue weighted by Crippen LogP contribution is -2.20. The topological polar surface area (TPSA) is 60.1 Å². The molecule has 0 atom stereocenters. The molecule has 0 saturated carbocycles. The first kappa shape index (κ1) is 14.8. The van der Waals surface area contributed by atoms with Crippen LogP contribution in [-0.4, -0.2) is 15.7 Å². The maximum absolute atomic E-state index is 11.7. The minimum atomic E-state index is -0.151. The van der Waals surface area contributed by atoms with Gasteiger partial charge in [-0.25, -0.2) is 0 Å². The summed E-state index contributed by atoms with van der Waals surface area (Å²) in [6.45, 7) is 1.23. The zero-order valence-corrected chi connectivity index (χ0v) is 12.6. The van der Waals surface area contributed by atoms with Crippen molar-refractivity contribution >= 4 is 12.0 Å². The number of hydrogen-bond donors (Lipinski definition) is 1. The molecule has 0 aliphatic heterocycles. The zero-order chi connectivity index (χ0) is 15.9. The number of carbonyl (C=O) groups excluding carboxylic acids is 1. The van der Waals surface area contributed by atoms with E-state index >= 15 is 0 Å². The van der Waals surface area contributed by atoms with Crippen LogP contribution in [0.15, 0.2) is 71.6 Å². The van der Waals surface area contributed by atoms with Crippen LogP contribution in [0.1, 0.15) is 16.9 Å². The zero-order valence-electron chi connectivity index (χ0n) is 12.6. The molecule has 0 saturated heterocycles. The molecule has 1 amide bonds. The maximum atomic E-state index is 11.7. The van der Waals surface area contributed by atoms with Crippen molar-refractivity contribution in [3.8, 4) is 0 Å². The van der Waals surface area contributed by atoms with Gasteiger partial charge in [-0.1, -0.05) is 24.3 Å². The van der Waals surface area contributed by atoms with E-state index in [0.717, 1.165) is 12.1 Å². The smallest absolute Gasteiger partial charge is 0.244 e. The van der Waals surface area contributed by atoms with Gasteiger partial charge in [0, 0.05) is 25.0 Å². The highest BCUT2D eigenvalue weighted by Crippen LogP contribution is 2.06. The van der Waals surface area contributed by atoms with Gasteiger partial charge in [0.15, 0.2) is 0 Å². The molecule has 0 spiro atoms. The fourth-order valence-corrected chi connectivity index (χ4v) is 2.14. The van der Waals surface area contributed by atoms with Crippen LogP contribution < -0.4 is 5.32 Å². The van der Waals surface area contributed by atoms with Crippen molar-refractivity contribution < 1.29 is 9.21 Å². The molecule has 0 aliphatic carbocycles. The average Bonchev–Trinajstić information content (AvgIpc) is 3.26. The molecule has 2 heterocycles. The van der Waals surface area contributed by atoms with E-state index in [2.05, 4.69) is 10.4 Å². The average molecular weight is 307 g/mol. The Bertz CT molecular complexity index is 757. The first-order valence-electron chi connectivity index (χ1n) is 7.34. The fraction of sp³-hybridized carbons (Fsp3) is 0.111. The van der Waals surface area contributed by atoms with Gasteiger partial charge < -0.3 is 9.73 Å². The number of carbonyl (C=O) groups is 1. The monoisotopic (exact) mass is 307 g/mol. The summed E-state index contributed by atoms with van der Waals surface area (Å²) in [5.74, 6) is 0.505. The number of benzene rings is 1. The Balaban J connectivity index is 1.49. The van der Waals surface area contributed by atoms with Crippen LogP contribution in [0.25, 0.3) is 6.08 Å². The molecule has 1 N–H and O–H groups in total. The third kappa shape index (κ3) is 4.44. The number of aromatic nitrogens is 2. The molecule has 0 unspecified atom stereocenters. The van der Waals surface area contributed by atoms with Crippen molar-refractivity contribution in [2.75, 3.05) is 0 Å². The number of hydrogen-bond acceptors (Lipinski definition) is 3. The normalized spacial score (nSPS) is 11.0. The van der Waals surface area contributed by atoms with Crippen molar-refractivity contribution in [1.29, 1.82) is 0 Å². The summed E-state index contributed by atoms with van der Waals surface area (Å²) in [6.07, 6.45) is 8.37. The van der Waals surface area contributed by atoms with Crippen LogP contribution in [0.5, 0.6) is 0 Å². The Hall–Kier alpha value is -3.08. The summed E-state index contributed by atoms with van der Waals surface area (Å²) in [7, 11) is 0. The second-order valence-electron chi connectivity index (χ2n) is 5.09. The lowest BCUT2D eigenvalue weighted by Gasteiger charge is -2.05. The molecule has 0 radical (unpaired) electrons. The van der Waals surface area contributed by atoms with E-state index in [1.165, 1.54) is 11.6 Å². The minimum absolute atomic E-state index is 0.151. The Labute approximate surface area is 134 Å². The SMILES string of the molecule is O=C(/C=C/c1ccco1)NCc1ccc(Cn2cccn2)cc1. The first-order valence-corrected chi connectivity index (χ1v) is 7.34. The molecule has 116 valence electrons.